The molecule has 2 aromatic rings. The highest BCUT2D eigenvalue weighted by Gasteiger charge is 2.09. The molecule has 0 unspecified atom stereocenters. The lowest BCUT2D eigenvalue weighted by Crippen LogP contribution is -2.24. The van der Waals surface area contributed by atoms with Crippen LogP contribution in [0, 0.1) is 0 Å². The summed E-state index contributed by atoms with van der Waals surface area (Å²) < 4.78 is 2.94. The van der Waals surface area contributed by atoms with E-state index in [1.54, 1.807) is 43.7 Å². The Balaban J connectivity index is 2.01. The number of aromatic nitrogens is 2. The van der Waals surface area contributed by atoms with E-state index in [0.29, 0.717) is 17.8 Å². The molecule has 1 aromatic carbocycles. The molecule has 0 bridgehead atoms. The van der Waals surface area contributed by atoms with Gasteiger partial charge in [-0.25, -0.2) is 4.79 Å². The standard InChI is InChI=1S/C14H16N4O2S/c1-17-8-9-18(14(17)20)7-6-12(19)16-11-5-3-2-4-10(11)13(15)21/h2-5,8-9H,6-7H2,1H3,(H2,15,21)(H,16,19). The minimum atomic E-state index is -0.200. The van der Waals surface area contributed by atoms with Crippen LogP contribution in [0.15, 0.2) is 41.5 Å². The van der Waals surface area contributed by atoms with Crippen molar-refractivity contribution in [3.05, 3.63) is 52.7 Å². The van der Waals surface area contributed by atoms with Crippen molar-refractivity contribution in [1.29, 1.82) is 0 Å². The van der Waals surface area contributed by atoms with E-state index in [4.69, 9.17) is 18.0 Å². The summed E-state index contributed by atoms with van der Waals surface area (Å²) in [5.74, 6) is -0.200. The number of carbonyl (C=O) groups is 1. The minimum Gasteiger partial charge on any atom is -0.389 e. The fraction of sp³-hybridized carbons (Fsp3) is 0.214. The molecule has 6 nitrogen and oxygen atoms in total. The van der Waals surface area contributed by atoms with Crippen LogP contribution in [0.3, 0.4) is 0 Å². The number of benzene rings is 1. The second-order valence-electron chi connectivity index (χ2n) is 4.59. The van der Waals surface area contributed by atoms with E-state index in [-0.39, 0.29) is 23.0 Å². The number of aryl methyl sites for hydroxylation is 2. The monoisotopic (exact) mass is 304 g/mol. The first kappa shape index (κ1) is 15.0. The Morgan fingerprint density at radius 1 is 1.33 bits per heavy atom. The second-order valence-corrected chi connectivity index (χ2v) is 5.03. The van der Waals surface area contributed by atoms with Crippen LogP contribution in [0.2, 0.25) is 0 Å². The molecular weight excluding hydrogens is 288 g/mol. The summed E-state index contributed by atoms with van der Waals surface area (Å²) in [6.07, 6.45) is 3.50. The number of para-hydroxylation sites is 1. The molecule has 0 saturated carbocycles. The molecule has 21 heavy (non-hydrogen) atoms. The van der Waals surface area contributed by atoms with Crippen molar-refractivity contribution in [2.45, 2.75) is 13.0 Å². The van der Waals surface area contributed by atoms with Gasteiger partial charge in [-0.3, -0.25) is 9.36 Å². The molecule has 0 radical (unpaired) electrons. The van der Waals surface area contributed by atoms with Crippen molar-refractivity contribution < 1.29 is 4.79 Å². The number of nitrogens with one attached hydrogen (secondary N) is 1. The van der Waals surface area contributed by atoms with E-state index >= 15 is 0 Å². The molecule has 1 heterocycles. The minimum absolute atomic E-state index is 0.147. The van der Waals surface area contributed by atoms with Gasteiger partial charge in [0.2, 0.25) is 5.91 Å². The molecular formula is C14H16N4O2S. The zero-order chi connectivity index (χ0) is 15.4. The molecule has 1 amide bonds. The van der Waals surface area contributed by atoms with Crippen LogP contribution in [0.4, 0.5) is 5.69 Å². The molecule has 2 rings (SSSR count). The van der Waals surface area contributed by atoms with Gasteiger partial charge in [0.25, 0.3) is 0 Å². The van der Waals surface area contributed by atoms with Crippen molar-refractivity contribution in [3.63, 3.8) is 0 Å². The third-order valence-corrected chi connectivity index (χ3v) is 3.28. The lowest BCUT2D eigenvalue weighted by Gasteiger charge is -2.09. The normalized spacial score (nSPS) is 10.3. The molecule has 0 spiro atoms. The predicted octanol–water partition coefficient (Wildman–Crippen LogP) is 0.850. The molecule has 0 aliphatic heterocycles. The van der Waals surface area contributed by atoms with E-state index in [2.05, 4.69) is 5.32 Å². The Kier molecular flexibility index (Phi) is 4.54. The first-order valence-electron chi connectivity index (χ1n) is 6.39. The van der Waals surface area contributed by atoms with Gasteiger partial charge in [-0.15, -0.1) is 0 Å². The van der Waals surface area contributed by atoms with E-state index in [1.807, 2.05) is 0 Å². The van der Waals surface area contributed by atoms with Gasteiger partial charge in [0, 0.05) is 38.0 Å². The fourth-order valence-electron chi connectivity index (χ4n) is 1.92. The average molecular weight is 304 g/mol. The van der Waals surface area contributed by atoms with Gasteiger partial charge in [-0.1, -0.05) is 24.4 Å². The predicted molar refractivity (Wildman–Crippen MR) is 85.2 cm³/mol. The van der Waals surface area contributed by atoms with Crippen LogP contribution >= 0.6 is 12.2 Å². The third kappa shape index (κ3) is 3.57. The van der Waals surface area contributed by atoms with Gasteiger partial charge in [0.15, 0.2) is 0 Å². The maximum absolute atomic E-state index is 12.0. The summed E-state index contributed by atoms with van der Waals surface area (Å²) in [6, 6.07) is 7.08. The zero-order valence-electron chi connectivity index (χ0n) is 11.6. The van der Waals surface area contributed by atoms with Crippen LogP contribution < -0.4 is 16.7 Å². The topological polar surface area (TPSA) is 82.1 Å². The lowest BCUT2D eigenvalue weighted by atomic mass is 10.1. The largest absolute Gasteiger partial charge is 0.389 e. The van der Waals surface area contributed by atoms with E-state index in [1.165, 1.54) is 9.13 Å². The summed E-state index contributed by atoms with van der Waals surface area (Å²) >= 11 is 4.94. The smallest absolute Gasteiger partial charge is 0.327 e. The molecule has 110 valence electrons. The molecule has 0 aliphatic rings. The molecule has 3 N–H and O–H groups in total. The summed E-state index contributed by atoms with van der Waals surface area (Å²) in [7, 11) is 1.66. The molecule has 0 atom stereocenters. The Hall–Kier alpha value is -2.41. The van der Waals surface area contributed by atoms with Gasteiger partial charge in [0.1, 0.15) is 4.99 Å². The van der Waals surface area contributed by atoms with Crippen LogP contribution in [-0.2, 0) is 18.4 Å². The third-order valence-electron chi connectivity index (χ3n) is 3.06. The summed E-state index contributed by atoms with van der Waals surface area (Å²) in [6.45, 7) is 0.320. The van der Waals surface area contributed by atoms with Crippen LogP contribution in [0.1, 0.15) is 12.0 Å². The number of hydrogen-bond acceptors (Lipinski definition) is 3. The number of imidazole rings is 1. The zero-order valence-corrected chi connectivity index (χ0v) is 12.4. The molecule has 0 fully saturated rings. The fourth-order valence-corrected chi connectivity index (χ4v) is 2.10. The first-order chi connectivity index (χ1) is 9.99. The second kappa shape index (κ2) is 6.36. The van der Waals surface area contributed by atoms with Gasteiger partial charge < -0.3 is 15.6 Å². The summed E-state index contributed by atoms with van der Waals surface area (Å²) in [4.78, 5) is 23.8. The molecule has 7 heteroatoms. The summed E-state index contributed by atoms with van der Waals surface area (Å²) in [5.41, 5.74) is 6.66. The Morgan fingerprint density at radius 3 is 2.67 bits per heavy atom. The van der Waals surface area contributed by atoms with Crippen LogP contribution in [0.25, 0.3) is 0 Å². The van der Waals surface area contributed by atoms with Crippen LogP contribution in [0.5, 0.6) is 0 Å². The average Bonchev–Trinajstić information content (AvgIpc) is 2.77. The maximum Gasteiger partial charge on any atom is 0.327 e. The Morgan fingerprint density at radius 2 is 2.05 bits per heavy atom. The Labute approximate surface area is 127 Å². The quantitative estimate of drug-likeness (QED) is 0.802. The van der Waals surface area contributed by atoms with Gasteiger partial charge in [0.05, 0.1) is 5.69 Å². The SMILES string of the molecule is Cn1ccn(CCC(=O)Nc2ccccc2C(N)=S)c1=O. The highest BCUT2D eigenvalue weighted by molar-refractivity contribution is 7.80. The van der Waals surface area contributed by atoms with E-state index < -0.39 is 0 Å². The number of amides is 1. The molecule has 1 aromatic heterocycles. The highest BCUT2D eigenvalue weighted by atomic mass is 32.1. The van der Waals surface area contributed by atoms with Gasteiger partial charge in [-0.05, 0) is 12.1 Å². The molecule has 0 aliphatic carbocycles. The van der Waals surface area contributed by atoms with Gasteiger partial charge in [-0.2, -0.15) is 0 Å². The summed E-state index contributed by atoms with van der Waals surface area (Å²) in [5, 5.41) is 2.76. The van der Waals surface area contributed by atoms with Crippen molar-refractivity contribution in [3.8, 4) is 0 Å². The van der Waals surface area contributed by atoms with Crippen LogP contribution in [-0.4, -0.2) is 20.0 Å². The number of anilines is 1. The molecule has 0 saturated heterocycles. The Bertz CT molecular complexity index is 733. The maximum atomic E-state index is 12.0. The highest BCUT2D eigenvalue weighted by Crippen LogP contribution is 2.15. The van der Waals surface area contributed by atoms with Crippen molar-refractivity contribution in [2.24, 2.45) is 12.8 Å². The van der Waals surface area contributed by atoms with E-state index in [0.717, 1.165) is 0 Å². The van der Waals surface area contributed by atoms with Crippen molar-refractivity contribution >= 4 is 28.8 Å². The number of nitrogens with two attached hydrogens (primary N) is 1. The van der Waals surface area contributed by atoms with E-state index in [9.17, 15) is 9.59 Å². The van der Waals surface area contributed by atoms with Crippen molar-refractivity contribution in [2.75, 3.05) is 5.32 Å². The number of nitrogens with zero attached hydrogens (tertiary/aromatic N) is 2. The lowest BCUT2D eigenvalue weighted by molar-refractivity contribution is -0.116. The number of hydrogen-bond donors (Lipinski definition) is 2. The number of thiocarbonyl (C=S) groups is 1. The van der Waals surface area contributed by atoms with Crippen molar-refractivity contribution in [1.82, 2.24) is 9.13 Å². The number of carbonyl (C=O) groups excluding carboxylic acids is 1. The number of rotatable bonds is 5. The first-order valence-corrected chi connectivity index (χ1v) is 6.80. The van der Waals surface area contributed by atoms with Gasteiger partial charge >= 0.3 is 5.69 Å².